The van der Waals surface area contributed by atoms with Gasteiger partial charge < -0.3 is 15.7 Å². The van der Waals surface area contributed by atoms with Crippen LogP contribution in [-0.4, -0.2) is 23.7 Å². The van der Waals surface area contributed by atoms with Crippen molar-refractivity contribution < 1.29 is 14.7 Å². The molecule has 3 N–H and O–H groups in total. The standard InChI is InChI=1S/C15H20N2O3/c1-15(6-3-7-15)10-17-14(20)16-9-11-4-2-5-12(8-11)13(18)19/h2,4-5,8H,3,6-7,9-10H2,1H3,(H,18,19)(H2,16,17,20). The van der Waals surface area contributed by atoms with Crippen LogP contribution >= 0.6 is 0 Å². The van der Waals surface area contributed by atoms with Crippen LogP contribution in [0.1, 0.15) is 42.1 Å². The van der Waals surface area contributed by atoms with Crippen LogP contribution < -0.4 is 10.6 Å². The molecule has 5 heteroatoms. The molecule has 1 aromatic rings. The van der Waals surface area contributed by atoms with Gasteiger partial charge >= 0.3 is 12.0 Å². The lowest BCUT2D eigenvalue weighted by molar-refractivity contribution is 0.0696. The zero-order chi connectivity index (χ0) is 14.6. The fourth-order valence-corrected chi connectivity index (χ4v) is 2.31. The van der Waals surface area contributed by atoms with E-state index >= 15 is 0 Å². The molecule has 1 aliphatic carbocycles. The summed E-state index contributed by atoms with van der Waals surface area (Å²) >= 11 is 0. The Morgan fingerprint density at radius 1 is 1.30 bits per heavy atom. The van der Waals surface area contributed by atoms with Crippen molar-refractivity contribution in [2.45, 2.75) is 32.7 Å². The van der Waals surface area contributed by atoms with Gasteiger partial charge in [0.2, 0.25) is 0 Å². The number of carbonyl (C=O) groups is 2. The fraction of sp³-hybridized carbons (Fsp3) is 0.467. The lowest BCUT2D eigenvalue weighted by Crippen LogP contribution is -2.43. The minimum Gasteiger partial charge on any atom is -0.478 e. The van der Waals surface area contributed by atoms with Crippen molar-refractivity contribution in [2.75, 3.05) is 6.54 Å². The molecule has 108 valence electrons. The largest absolute Gasteiger partial charge is 0.478 e. The Bertz CT molecular complexity index is 510. The lowest BCUT2D eigenvalue weighted by Gasteiger charge is -2.38. The quantitative estimate of drug-likeness (QED) is 0.772. The summed E-state index contributed by atoms with van der Waals surface area (Å²) in [5, 5.41) is 14.5. The van der Waals surface area contributed by atoms with Crippen LogP contribution in [0, 0.1) is 5.41 Å². The third kappa shape index (κ3) is 3.73. The zero-order valence-electron chi connectivity index (χ0n) is 11.6. The first kappa shape index (κ1) is 14.4. The number of urea groups is 1. The molecule has 1 fully saturated rings. The van der Waals surface area contributed by atoms with E-state index in [-0.39, 0.29) is 17.0 Å². The summed E-state index contributed by atoms with van der Waals surface area (Å²) in [5.41, 5.74) is 1.25. The van der Waals surface area contributed by atoms with Gasteiger partial charge in [0.15, 0.2) is 0 Å². The summed E-state index contributed by atoms with van der Waals surface area (Å²) in [6, 6.07) is 6.35. The molecular weight excluding hydrogens is 256 g/mol. The third-order valence-electron chi connectivity index (χ3n) is 3.86. The topological polar surface area (TPSA) is 78.4 Å². The molecular formula is C15H20N2O3. The van der Waals surface area contributed by atoms with Gasteiger partial charge in [-0.2, -0.15) is 0 Å². The average molecular weight is 276 g/mol. The molecule has 0 aliphatic heterocycles. The van der Waals surface area contributed by atoms with Gasteiger partial charge in [-0.15, -0.1) is 0 Å². The molecule has 0 radical (unpaired) electrons. The van der Waals surface area contributed by atoms with Crippen molar-refractivity contribution in [1.82, 2.24) is 10.6 Å². The summed E-state index contributed by atoms with van der Waals surface area (Å²) in [6.07, 6.45) is 3.56. The second-order valence-electron chi connectivity index (χ2n) is 5.71. The molecule has 2 amide bonds. The predicted molar refractivity (Wildman–Crippen MR) is 75.6 cm³/mol. The van der Waals surface area contributed by atoms with E-state index in [1.54, 1.807) is 18.2 Å². The Hall–Kier alpha value is -2.04. The maximum absolute atomic E-state index is 11.7. The van der Waals surface area contributed by atoms with E-state index in [4.69, 9.17) is 5.11 Å². The van der Waals surface area contributed by atoms with E-state index in [0.717, 1.165) is 18.4 Å². The van der Waals surface area contributed by atoms with E-state index in [1.165, 1.54) is 12.5 Å². The van der Waals surface area contributed by atoms with Gasteiger partial charge in [0.25, 0.3) is 0 Å². The molecule has 0 spiro atoms. The van der Waals surface area contributed by atoms with Crippen LogP contribution in [0.2, 0.25) is 0 Å². The number of aromatic carboxylic acids is 1. The lowest BCUT2D eigenvalue weighted by atomic mass is 9.70. The molecule has 1 aromatic carbocycles. The number of carboxylic acids is 1. The summed E-state index contributed by atoms with van der Waals surface area (Å²) in [6.45, 7) is 3.19. The highest BCUT2D eigenvalue weighted by atomic mass is 16.4. The number of nitrogens with one attached hydrogen (secondary N) is 2. The van der Waals surface area contributed by atoms with Crippen molar-refractivity contribution in [1.29, 1.82) is 0 Å². The van der Waals surface area contributed by atoms with Crippen LogP contribution in [0.15, 0.2) is 24.3 Å². The van der Waals surface area contributed by atoms with Gasteiger partial charge in [-0.3, -0.25) is 0 Å². The van der Waals surface area contributed by atoms with Crippen molar-refractivity contribution in [3.63, 3.8) is 0 Å². The first-order valence-corrected chi connectivity index (χ1v) is 6.82. The summed E-state index contributed by atoms with van der Waals surface area (Å²) < 4.78 is 0. The molecule has 1 saturated carbocycles. The maximum Gasteiger partial charge on any atom is 0.335 e. The summed E-state index contributed by atoms with van der Waals surface area (Å²) in [5.74, 6) is -0.964. The molecule has 0 aromatic heterocycles. The van der Waals surface area contributed by atoms with Crippen molar-refractivity contribution in [3.05, 3.63) is 35.4 Å². The molecule has 1 aliphatic rings. The number of carbonyl (C=O) groups excluding carboxylic acids is 1. The van der Waals surface area contributed by atoms with E-state index < -0.39 is 5.97 Å². The summed E-state index contributed by atoms with van der Waals surface area (Å²) in [7, 11) is 0. The Morgan fingerprint density at radius 3 is 2.65 bits per heavy atom. The first-order valence-electron chi connectivity index (χ1n) is 6.82. The summed E-state index contributed by atoms with van der Waals surface area (Å²) in [4.78, 5) is 22.5. The highest BCUT2D eigenvalue weighted by molar-refractivity contribution is 5.87. The minimum atomic E-state index is -0.964. The van der Waals surface area contributed by atoms with Crippen LogP contribution in [0.5, 0.6) is 0 Å². The minimum absolute atomic E-state index is 0.209. The molecule has 5 nitrogen and oxygen atoms in total. The van der Waals surface area contributed by atoms with E-state index in [0.29, 0.717) is 13.1 Å². The number of hydrogen-bond donors (Lipinski definition) is 3. The normalized spacial score (nSPS) is 16.1. The SMILES string of the molecule is CC1(CNC(=O)NCc2cccc(C(=O)O)c2)CCC1. The van der Waals surface area contributed by atoms with Gasteiger partial charge in [0.05, 0.1) is 5.56 Å². The molecule has 0 unspecified atom stereocenters. The third-order valence-corrected chi connectivity index (χ3v) is 3.86. The second kappa shape index (κ2) is 5.94. The molecule has 0 bridgehead atoms. The van der Waals surface area contributed by atoms with Gasteiger partial charge in [0.1, 0.15) is 0 Å². The van der Waals surface area contributed by atoms with E-state index in [2.05, 4.69) is 17.6 Å². The zero-order valence-corrected chi connectivity index (χ0v) is 11.6. The molecule has 0 atom stereocenters. The number of hydrogen-bond acceptors (Lipinski definition) is 2. The highest BCUT2D eigenvalue weighted by Gasteiger charge is 2.31. The fourth-order valence-electron chi connectivity index (χ4n) is 2.31. The average Bonchev–Trinajstić information content (AvgIpc) is 2.41. The van der Waals surface area contributed by atoms with Gasteiger partial charge in [-0.25, -0.2) is 9.59 Å². The Labute approximate surface area is 118 Å². The first-order chi connectivity index (χ1) is 9.48. The van der Waals surface area contributed by atoms with Crippen LogP contribution in [0.3, 0.4) is 0 Å². The maximum atomic E-state index is 11.7. The van der Waals surface area contributed by atoms with Crippen molar-refractivity contribution in [3.8, 4) is 0 Å². The predicted octanol–water partition coefficient (Wildman–Crippen LogP) is 2.37. The smallest absolute Gasteiger partial charge is 0.335 e. The van der Waals surface area contributed by atoms with Crippen LogP contribution in [-0.2, 0) is 6.54 Å². The van der Waals surface area contributed by atoms with E-state index in [1.807, 2.05) is 0 Å². The molecule has 0 heterocycles. The van der Waals surface area contributed by atoms with Crippen molar-refractivity contribution >= 4 is 12.0 Å². The molecule has 20 heavy (non-hydrogen) atoms. The van der Waals surface area contributed by atoms with Crippen molar-refractivity contribution in [2.24, 2.45) is 5.41 Å². The van der Waals surface area contributed by atoms with Gasteiger partial charge in [-0.1, -0.05) is 25.5 Å². The Kier molecular flexibility index (Phi) is 4.27. The molecule has 0 saturated heterocycles. The Morgan fingerprint density at radius 2 is 2.05 bits per heavy atom. The number of amides is 2. The Balaban J connectivity index is 1.78. The number of benzene rings is 1. The van der Waals surface area contributed by atoms with Crippen LogP contribution in [0.25, 0.3) is 0 Å². The van der Waals surface area contributed by atoms with Crippen LogP contribution in [0.4, 0.5) is 4.79 Å². The molecule has 2 rings (SSSR count). The highest BCUT2D eigenvalue weighted by Crippen LogP contribution is 2.39. The van der Waals surface area contributed by atoms with Gasteiger partial charge in [0, 0.05) is 13.1 Å². The van der Waals surface area contributed by atoms with Gasteiger partial charge in [-0.05, 0) is 36.0 Å². The second-order valence-corrected chi connectivity index (χ2v) is 5.71. The van der Waals surface area contributed by atoms with E-state index in [9.17, 15) is 9.59 Å². The number of carboxylic acid groups (broad SMARTS) is 1. The monoisotopic (exact) mass is 276 g/mol. The number of rotatable bonds is 5.